The van der Waals surface area contributed by atoms with Gasteiger partial charge in [0.25, 0.3) is 0 Å². The SMILES string of the molecule is O=C(CSc1ncnc2ccccc12)Nc1cc(C(F)(F)F)ccc1Cl. The summed E-state index contributed by atoms with van der Waals surface area (Å²) >= 11 is 7.04. The van der Waals surface area contributed by atoms with Crippen LogP contribution in [0.25, 0.3) is 10.9 Å². The number of hydrogen-bond donors (Lipinski definition) is 1. The maximum Gasteiger partial charge on any atom is 0.416 e. The van der Waals surface area contributed by atoms with Crippen LogP contribution in [-0.2, 0) is 11.0 Å². The van der Waals surface area contributed by atoms with Crippen LogP contribution in [0.3, 0.4) is 0 Å². The molecule has 26 heavy (non-hydrogen) atoms. The van der Waals surface area contributed by atoms with E-state index in [4.69, 9.17) is 11.6 Å². The third-order valence-corrected chi connectivity index (χ3v) is 4.75. The molecule has 0 spiro atoms. The van der Waals surface area contributed by atoms with Crippen molar-refractivity contribution in [2.24, 2.45) is 0 Å². The number of benzene rings is 2. The topological polar surface area (TPSA) is 54.9 Å². The molecule has 1 N–H and O–H groups in total. The highest BCUT2D eigenvalue weighted by atomic mass is 35.5. The van der Waals surface area contributed by atoms with Crippen molar-refractivity contribution in [1.29, 1.82) is 0 Å². The normalized spacial score (nSPS) is 11.5. The van der Waals surface area contributed by atoms with E-state index >= 15 is 0 Å². The molecule has 9 heteroatoms. The van der Waals surface area contributed by atoms with Gasteiger partial charge in [-0.15, -0.1) is 0 Å². The second-order valence-corrected chi connectivity index (χ2v) is 6.60. The standard InChI is InChI=1S/C17H11ClF3N3OS/c18-12-6-5-10(17(19,20)21)7-14(12)24-15(25)8-26-16-11-3-1-2-4-13(11)22-9-23-16/h1-7,9H,8H2,(H,24,25). The van der Waals surface area contributed by atoms with Gasteiger partial charge < -0.3 is 5.32 Å². The molecule has 0 bridgehead atoms. The first-order valence-corrected chi connectivity index (χ1v) is 8.70. The summed E-state index contributed by atoms with van der Waals surface area (Å²) < 4.78 is 38.3. The largest absolute Gasteiger partial charge is 0.416 e. The van der Waals surface area contributed by atoms with Crippen LogP contribution in [0.5, 0.6) is 0 Å². The van der Waals surface area contributed by atoms with Crippen LogP contribution in [-0.4, -0.2) is 21.6 Å². The molecule has 134 valence electrons. The predicted octanol–water partition coefficient (Wildman–Crippen LogP) is 5.03. The number of fused-ring (bicyclic) bond motifs is 1. The van der Waals surface area contributed by atoms with Crippen LogP contribution >= 0.6 is 23.4 Å². The Morgan fingerprint density at radius 1 is 1.15 bits per heavy atom. The summed E-state index contributed by atoms with van der Waals surface area (Å²) in [6.07, 6.45) is -3.12. The lowest BCUT2D eigenvalue weighted by atomic mass is 10.2. The van der Waals surface area contributed by atoms with E-state index in [0.29, 0.717) is 5.03 Å². The number of nitrogens with one attached hydrogen (secondary N) is 1. The third kappa shape index (κ3) is 4.25. The number of carbonyl (C=O) groups is 1. The van der Waals surface area contributed by atoms with Crippen molar-refractivity contribution in [2.75, 3.05) is 11.1 Å². The minimum absolute atomic E-state index is 0.0313. The summed E-state index contributed by atoms with van der Waals surface area (Å²) in [5.74, 6) is -0.521. The molecular formula is C17H11ClF3N3OS. The summed E-state index contributed by atoms with van der Waals surface area (Å²) in [6, 6.07) is 10.1. The van der Waals surface area contributed by atoms with Gasteiger partial charge in [0.1, 0.15) is 11.4 Å². The molecule has 4 nitrogen and oxygen atoms in total. The van der Waals surface area contributed by atoms with E-state index in [-0.39, 0.29) is 16.5 Å². The van der Waals surface area contributed by atoms with E-state index in [0.717, 1.165) is 40.9 Å². The highest BCUT2D eigenvalue weighted by Gasteiger charge is 2.31. The molecule has 3 rings (SSSR count). The Hall–Kier alpha value is -2.32. The molecule has 3 aromatic rings. The van der Waals surface area contributed by atoms with Crippen molar-refractivity contribution in [3.63, 3.8) is 0 Å². The van der Waals surface area contributed by atoms with E-state index < -0.39 is 17.6 Å². The molecule has 2 aromatic carbocycles. The Morgan fingerprint density at radius 3 is 2.69 bits per heavy atom. The Kier molecular flexibility index (Phi) is 5.33. The highest BCUT2D eigenvalue weighted by Crippen LogP contribution is 2.34. The fraction of sp³-hybridized carbons (Fsp3) is 0.118. The van der Waals surface area contributed by atoms with Crippen molar-refractivity contribution < 1.29 is 18.0 Å². The second kappa shape index (κ2) is 7.51. The lowest BCUT2D eigenvalue weighted by Crippen LogP contribution is -2.15. The third-order valence-electron chi connectivity index (χ3n) is 3.41. The maximum absolute atomic E-state index is 12.8. The fourth-order valence-electron chi connectivity index (χ4n) is 2.21. The summed E-state index contributed by atoms with van der Waals surface area (Å²) in [5, 5.41) is 3.85. The average Bonchev–Trinajstić information content (AvgIpc) is 2.61. The number of carbonyl (C=O) groups excluding carboxylic acids is 1. The Labute approximate surface area is 155 Å². The Morgan fingerprint density at radius 2 is 1.92 bits per heavy atom. The van der Waals surface area contributed by atoms with Crippen LogP contribution in [0.1, 0.15) is 5.56 Å². The first kappa shape index (κ1) is 18.5. The van der Waals surface area contributed by atoms with Crippen molar-refractivity contribution in [2.45, 2.75) is 11.2 Å². The van der Waals surface area contributed by atoms with E-state index in [1.165, 1.54) is 6.33 Å². The predicted molar refractivity (Wildman–Crippen MR) is 95.3 cm³/mol. The van der Waals surface area contributed by atoms with Gasteiger partial charge in [-0.2, -0.15) is 13.2 Å². The first-order chi connectivity index (χ1) is 12.3. The fourth-order valence-corrected chi connectivity index (χ4v) is 3.17. The van der Waals surface area contributed by atoms with Gasteiger partial charge in [-0.1, -0.05) is 41.6 Å². The van der Waals surface area contributed by atoms with Gasteiger partial charge in [0, 0.05) is 5.39 Å². The lowest BCUT2D eigenvalue weighted by Gasteiger charge is -2.11. The van der Waals surface area contributed by atoms with Crippen molar-refractivity contribution in [1.82, 2.24) is 9.97 Å². The molecule has 0 aliphatic rings. The van der Waals surface area contributed by atoms with E-state index in [1.807, 2.05) is 24.3 Å². The summed E-state index contributed by atoms with van der Waals surface area (Å²) in [7, 11) is 0. The van der Waals surface area contributed by atoms with Crippen LogP contribution < -0.4 is 5.32 Å². The van der Waals surface area contributed by atoms with Crippen molar-refractivity contribution in [3.05, 3.63) is 59.4 Å². The monoisotopic (exact) mass is 397 g/mol. The molecule has 0 radical (unpaired) electrons. The molecule has 0 saturated carbocycles. The number of rotatable bonds is 4. The molecule has 0 unspecified atom stereocenters. The van der Waals surface area contributed by atoms with Crippen LogP contribution in [0.4, 0.5) is 18.9 Å². The molecule has 1 heterocycles. The first-order valence-electron chi connectivity index (χ1n) is 7.34. The number of aromatic nitrogens is 2. The summed E-state index contributed by atoms with van der Waals surface area (Å²) in [4.78, 5) is 20.4. The highest BCUT2D eigenvalue weighted by molar-refractivity contribution is 8.00. The average molecular weight is 398 g/mol. The molecule has 0 aliphatic carbocycles. The number of para-hydroxylation sites is 1. The smallest absolute Gasteiger partial charge is 0.324 e. The zero-order valence-electron chi connectivity index (χ0n) is 13.0. The van der Waals surface area contributed by atoms with E-state index in [9.17, 15) is 18.0 Å². The Balaban J connectivity index is 1.71. The van der Waals surface area contributed by atoms with Gasteiger partial charge in [-0.3, -0.25) is 4.79 Å². The van der Waals surface area contributed by atoms with Gasteiger partial charge >= 0.3 is 6.18 Å². The van der Waals surface area contributed by atoms with Crippen molar-refractivity contribution in [3.8, 4) is 0 Å². The van der Waals surface area contributed by atoms with Gasteiger partial charge in [-0.05, 0) is 24.3 Å². The zero-order valence-corrected chi connectivity index (χ0v) is 14.6. The van der Waals surface area contributed by atoms with Gasteiger partial charge in [0.05, 0.1) is 27.5 Å². The number of amides is 1. The van der Waals surface area contributed by atoms with Crippen LogP contribution in [0.15, 0.2) is 53.8 Å². The van der Waals surface area contributed by atoms with Gasteiger partial charge in [0.15, 0.2) is 0 Å². The molecule has 1 amide bonds. The molecule has 0 aliphatic heterocycles. The van der Waals surface area contributed by atoms with E-state index in [1.54, 1.807) is 0 Å². The van der Waals surface area contributed by atoms with E-state index in [2.05, 4.69) is 15.3 Å². The quantitative estimate of drug-likeness (QED) is 0.495. The molecular weight excluding hydrogens is 387 g/mol. The van der Waals surface area contributed by atoms with Crippen molar-refractivity contribution >= 4 is 45.9 Å². The summed E-state index contributed by atoms with van der Waals surface area (Å²) in [5.41, 5.74) is -0.224. The zero-order chi connectivity index (χ0) is 18.7. The Bertz CT molecular complexity index is 960. The number of anilines is 1. The summed E-state index contributed by atoms with van der Waals surface area (Å²) in [6.45, 7) is 0. The number of halogens is 4. The minimum Gasteiger partial charge on any atom is -0.324 e. The van der Waals surface area contributed by atoms with Crippen LogP contribution in [0.2, 0.25) is 5.02 Å². The number of thioether (sulfide) groups is 1. The molecule has 1 aromatic heterocycles. The van der Waals surface area contributed by atoms with Crippen LogP contribution in [0, 0.1) is 0 Å². The molecule has 0 saturated heterocycles. The second-order valence-electron chi connectivity index (χ2n) is 5.23. The number of alkyl halides is 3. The lowest BCUT2D eigenvalue weighted by molar-refractivity contribution is -0.137. The minimum atomic E-state index is -4.52. The van der Waals surface area contributed by atoms with Gasteiger partial charge in [0.2, 0.25) is 5.91 Å². The van der Waals surface area contributed by atoms with Gasteiger partial charge in [-0.25, -0.2) is 9.97 Å². The number of hydrogen-bond acceptors (Lipinski definition) is 4. The maximum atomic E-state index is 12.8. The molecule has 0 atom stereocenters. The number of nitrogens with zero attached hydrogens (tertiary/aromatic N) is 2. The molecule has 0 fully saturated rings.